The van der Waals surface area contributed by atoms with Gasteiger partial charge in [0.1, 0.15) is 17.9 Å². The Morgan fingerprint density at radius 3 is 2.52 bits per heavy atom. The van der Waals surface area contributed by atoms with Crippen molar-refractivity contribution < 1.29 is 9.59 Å². The molecular weight excluding hydrogens is 268 g/mol. The summed E-state index contributed by atoms with van der Waals surface area (Å²) >= 11 is 0. The third kappa shape index (κ3) is 3.56. The molecule has 0 aliphatic carbocycles. The van der Waals surface area contributed by atoms with Gasteiger partial charge in [-0.3, -0.25) is 9.59 Å². The Labute approximate surface area is 125 Å². The average Bonchev–Trinajstić information content (AvgIpc) is 2.47. The third-order valence-corrected chi connectivity index (χ3v) is 3.61. The maximum absolute atomic E-state index is 12.6. The molecule has 0 aromatic carbocycles. The molecule has 2 atom stereocenters. The average molecular weight is 290 g/mol. The number of rotatable bonds is 5. The first-order chi connectivity index (χ1) is 10.0. The van der Waals surface area contributed by atoms with Crippen LogP contribution in [0.3, 0.4) is 0 Å². The van der Waals surface area contributed by atoms with E-state index in [4.69, 9.17) is 0 Å². The van der Waals surface area contributed by atoms with Gasteiger partial charge >= 0.3 is 0 Å². The Balaban J connectivity index is 2.24. The Hall–Kier alpha value is -1.98. The molecule has 0 radical (unpaired) electrons. The van der Waals surface area contributed by atoms with E-state index in [0.29, 0.717) is 24.6 Å². The Kier molecular flexibility index (Phi) is 4.88. The molecule has 1 aromatic rings. The molecule has 21 heavy (non-hydrogen) atoms. The molecule has 2 heterocycles. The summed E-state index contributed by atoms with van der Waals surface area (Å²) in [7, 11) is 0. The molecule has 1 aromatic heterocycles. The van der Waals surface area contributed by atoms with E-state index in [-0.39, 0.29) is 18.4 Å². The molecule has 1 fully saturated rings. The van der Waals surface area contributed by atoms with Gasteiger partial charge in [-0.25, -0.2) is 9.97 Å². The largest absolute Gasteiger partial charge is 0.343 e. The minimum atomic E-state index is -0.441. The van der Waals surface area contributed by atoms with E-state index in [9.17, 15) is 9.59 Å². The van der Waals surface area contributed by atoms with E-state index in [1.807, 2.05) is 20.8 Å². The van der Waals surface area contributed by atoms with Gasteiger partial charge < -0.3 is 10.2 Å². The molecule has 0 bridgehead atoms. The third-order valence-electron chi connectivity index (χ3n) is 3.61. The van der Waals surface area contributed by atoms with Crippen molar-refractivity contribution in [3.63, 3.8) is 0 Å². The van der Waals surface area contributed by atoms with E-state index in [1.165, 1.54) is 0 Å². The summed E-state index contributed by atoms with van der Waals surface area (Å²) in [5.41, 5.74) is 0. The number of hydrogen-bond acceptors (Lipinski definition) is 4. The van der Waals surface area contributed by atoms with Crippen molar-refractivity contribution in [3.8, 4) is 0 Å². The second-order valence-electron chi connectivity index (χ2n) is 5.75. The number of piperazine rings is 1. The molecule has 0 spiro atoms. The van der Waals surface area contributed by atoms with Crippen LogP contribution >= 0.6 is 0 Å². The van der Waals surface area contributed by atoms with Crippen molar-refractivity contribution in [2.24, 2.45) is 5.92 Å². The Morgan fingerprint density at radius 2 is 1.95 bits per heavy atom. The van der Waals surface area contributed by atoms with Gasteiger partial charge in [0.05, 0.1) is 6.54 Å². The summed E-state index contributed by atoms with van der Waals surface area (Å²) in [5.74, 6) is 0.761. The monoisotopic (exact) mass is 290 g/mol. The van der Waals surface area contributed by atoms with Crippen molar-refractivity contribution in [3.05, 3.63) is 24.3 Å². The van der Waals surface area contributed by atoms with Crippen LogP contribution in [0.2, 0.25) is 0 Å². The number of nitrogens with one attached hydrogen (secondary N) is 1. The zero-order valence-corrected chi connectivity index (χ0v) is 12.7. The fourth-order valence-electron chi connectivity index (χ4n) is 2.53. The van der Waals surface area contributed by atoms with Gasteiger partial charge in [0.15, 0.2) is 0 Å². The van der Waals surface area contributed by atoms with Crippen LogP contribution in [0.4, 0.5) is 0 Å². The summed E-state index contributed by atoms with van der Waals surface area (Å²) < 4.78 is 0. The van der Waals surface area contributed by atoms with Crippen molar-refractivity contribution in [1.29, 1.82) is 0 Å². The lowest BCUT2D eigenvalue weighted by Crippen LogP contribution is -2.63. The lowest BCUT2D eigenvalue weighted by Gasteiger charge is -2.39. The number of carbonyl (C=O) groups is 2. The second kappa shape index (κ2) is 6.65. The van der Waals surface area contributed by atoms with E-state index >= 15 is 0 Å². The van der Waals surface area contributed by atoms with Gasteiger partial charge in [0, 0.05) is 12.4 Å². The van der Waals surface area contributed by atoms with Crippen LogP contribution in [0.25, 0.3) is 0 Å². The minimum absolute atomic E-state index is 0.0461. The van der Waals surface area contributed by atoms with Crippen molar-refractivity contribution in [2.75, 3.05) is 0 Å². The molecule has 1 saturated heterocycles. The number of aromatic nitrogens is 2. The highest BCUT2D eigenvalue weighted by Crippen LogP contribution is 2.20. The van der Waals surface area contributed by atoms with Crippen LogP contribution in [-0.2, 0) is 16.1 Å². The lowest BCUT2D eigenvalue weighted by molar-refractivity contribution is -0.150. The number of amides is 2. The van der Waals surface area contributed by atoms with Gasteiger partial charge in [-0.05, 0) is 24.8 Å². The SMILES string of the molecule is CCC1NC(=O)C(CC(C)C)N(Cc2ncccn2)C1=O. The second-order valence-corrected chi connectivity index (χ2v) is 5.75. The van der Waals surface area contributed by atoms with Gasteiger partial charge in [-0.2, -0.15) is 0 Å². The van der Waals surface area contributed by atoms with Crippen LogP contribution < -0.4 is 5.32 Å². The molecule has 1 aliphatic heterocycles. The van der Waals surface area contributed by atoms with E-state index in [0.717, 1.165) is 0 Å². The highest BCUT2D eigenvalue weighted by Gasteiger charge is 2.40. The fourth-order valence-corrected chi connectivity index (χ4v) is 2.53. The first-order valence-electron chi connectivity index (χ1n) is 7.39. The zero-order chi connectivity index (χ0) is 15.4. The quantitative estimate of drug-likeness (QED) is 0.882. The summed E-state index contributed by atoms with van der Waals surface area (Å²) in [4.78, 5) is 34.8. The van der Waals surface area contributed by atoms with Gasteiger partial charge in [0.2, 0.25) is 11.8 Å². The smallest absolute Gasteiger partial charge is 0.246 e. The fraction of sp³-hybridized carbons (Fsp3) is 0.600. The van der Waals surface area contributed by atoms with Crippen molar-refractivity contribution in [1.82, 2.24) is 20.2 Å². The van der Waals surface area contributed by atoms with Crippen molar-refractivity contribution in [2.45, 2.75) is 52.2 Å². The number of nitrogens with zero attached hydrogens (tertiary/aromatic N) is 3. The first-order valence-corrected chi connectivity index (χ1v) is 7.39. The van der Waals surface area contributed by atoms with E-state index in [1.54, 1.807) is 23.4 Å². The van der Waals surface area contributed by atoms with E-state index in [2.05, 4.69) is 15.3 Å². The minimum Gasteiger partial charge on any atom is -0.343 e. The highest BCUT2D eigenvalue weighted by molar-refractivity contribution is 5.96. The molecule has 2 unspecified atom stereocenters. The van der Waals surface area contributed by atoms with Crippen LogP contribution in [0, 0.1) is 5.92 Å². The molecule has 1 aliphatic rings. The van der Waals surface area contributed by atoms with Crippen molar-refractivity contribution >= 4 is 11.8 Å². The predicted octanol–water partition coefficient (Wildman–Crippen LogP) is 1.13. The summed E-state index contributed by atoms with van der Waals surface area (Å²) in [6.45, 7) is 6.26. The van der Waals surface area contributed by atoms with Gasteiger partial charge in [-0.15, -0.1) is 0 Å². The Bertz CT molecular complexity index is 504. The molecular formula is C15H22N4O2. The summed E-state index contributed by atoms with van der Waals surface area (Å²) in [5, 5.41) is 2.82. The molecule has 6 heteroatoms. The summed E-state index contributed by atoms with van der Waals surface area (Å²) in [6.07, 6.45) is 4.52. The Morgan fingerprint density at radius 1 is 1.29 bits per heavy atom. The normalized spacial score (nSPS) is 22.6. The zero-order valence-electron chi connectivity index (χ0n) is 12.7. The molecule has 6 nitrogen and oxygen atoms in total. The number of carbonyl (C=O) groups excluding carboxylic acids is 2. The van der Waals surface area contributed by atoms with Gasteiger partial charge in [0.25, 0.3) is 0 Å². The topological polar surface area (TPSA) is 75.2 Å². The molecule has 1 N–H and O–H groups in total. The van der Waals surface area contributed by atoms with Crippen LogP contribution in [0.15, 0.2) is 18.5 Å². The molecule has 2 amide bonds. The van der Waals surface area contributed by atoms with E-state index < -0.39 is 12.1 Å². The highest BCUT2D eigenvalue weighted by atomic mass is 16.2. The molecule has 2 rings (SSSR count). The van der Waals surface area contributed by atoms with Crippen LogP contribution in [-0.4, -0.2) is 38.8 Å². The maximum Gasteiger partial charge on any atom is 0.246 e. The van der Waals surface area contributed by atoms with Crippen LogP contribution in [0.1, 0.15) is 39.4 Å². The molecule has 114 valence electrons. The standard InChI is InChI=1S/C15H22N4O2/c1-4-11-15(21)19(9-13-16-6-5-7-17-13)12(8-10(2)3)14(20)18-11/h5-7,10-12H,4,8-9H2,1-3H3,(H,18,20). The first kappa shape index (κ1) is 15.4. The predicted molar refractivity (Wildman–Crippen MR) is 78.0 cm³/mol. The summed E-state index contributed by atoms with van der Waals surface area (Å²) in [6, 6.07) is 0.850. The lowest BCUT2D eigenvalue weighted by atomic mass is 9.97. The van der Waals surface area contributed by atoms with Crippen LogP contribution in [0.5, 0.6) is 0 Å². The maximum atomic E-state index is 12.6. The van der Waals surface area contributed by atoms with Gasteiger partial charge in [-0.1, -0.05) is 20.8 Å². The number of hydrogen-bond donors (Lipinski definition) is 1. The molecule has 0 saturated carbocycles.